The lowest BCUT2D eigenvalue weighted by Crippen LogP contribution is -2.40. The molecule has 0 spiro atoms. The zero-order valence-corrected chi connectivity index (χ0v) is 13.5. The van der Waals surface area contributed by atoms with Crippen LogP contribution in [0.1, 0.15) is 30.9 Å². The Morgan fingerprint density at radius 3 is 2.62 bits per heavy atom. The second kappa shape index (κ2) is 7.57. The molecule has 128 valence electrons. The van der Waals surface area contributed by atoms with Gasteiger partial charge in [-0.1, -0.05) is 12.1 Å². The summed E-state index contributed by atoms with van der Waals surface area (Å²) in [5.41, 5.74) is 0.736. The van der Waals surface area contributed by atoms with E-state index in [-0.39, 0.29) is 17.6 Å². The van der Waals surface area contributed by atoms with Crippen LogP contribution in [0, 0.1) is 11.7 Å². The van der Waals surface area contributed by atoms with Crippen LogP contribution < -0.4 is 0 Å². The maximum atomic E-state index is 13.0. The third kappa shape index (κ3) is 4.00. The number of piperidine rings is 1. The fourth-order valence-electron chi connectivity index (χ4n) is 3.20. The van der Waals surface area contributed by atoms with E-state index < -0.39 is 6.10 Å². The number of carbonyl (C=O) groups excluding carboxylic acids is 1. The number of rotatable bonds is 5. The first-order valence-electron chi connectivity index (χ1n) is 8.32. The smallest absolute Gasteiger partial charge is 0.224 e. The molecule has 1 amide bonds. The molecule has 0 aliphatic carbocycles. The van der Waals surface area contributed by atoms with E-state index >= 15 is 0 Å². The van der Waals surface area contributed by atoms with Crippen LogP contribution in [0.25, 0.3) is 0 Å². The molecule has 1 aliphatic heterocycles. The van der Waals surface area contributed by atoms with Crippen molar-refractivity contribution in [1.29, 1.82) is 0 Å². The lowest BCUT2D eigenvalue weighted by Gasteiger charge is -2.34. The summed E-state index contributed by atoms with van der Waals surface area (Å²) in [4.78, 5) is 14.1. The Labute approximate surface area is 140 Å². The first-order valence-corrected chi connectivity index (χ1v) is 8.32. The lowest BCUT2D eigenvalue weighted by molar-refractivity contribution is -0.133. The van der Waals surface area contributed by atoms with Crippen molar-refractivity contribution in [1.82, 2.24) is 14.7 Å². The van der Waals surface area contributed by atoms with Crippen LogP contribution in [-0.4, -0.2) is 38.8 Å². The number of nitrogens with zero attached hydrogens (tertiary/aromatic N) is 3. The van der Waals surface area contributed by atoms with Gasteiger partial charge in [0.2, 0.25) is 5.91 Å². The van der Waals surface area contributed by atoms with Gasteiger partial charge in [-0.3, -0.25) is 9.48 Å². The molecule has 0 bridgehead atoms. The topological polar surface area (TPSA) is 58.4 Å². The SMILES string of the molecule is O=C(CCn1cccn1)N1CCC(C(O)c2ccc(F)cc2)CC1. The van der Waals surface area contributed by atoms with Crippen LogP contribution in [0.3, 0.4) is 0 Å². The molecule has 1 aromatic carbocycles. The van der Waals surface area contributed by atoms with E-state index in [2.05, 4.69) is 5.10 Å². The Hall–Kier alpha value is -2.21. The molecule has 1 unspecified atom stereocenters. The van der Waals surface area contributed by atoms with Gasteiger partial charge in [-0.25, -0.2) is 4.39 Å². The normalized spacial score (nSPS) is 17.0. The largest absolute Gasteiger partial charge is 0.388 e. The van der Waals surface area contributed by atoms with Gasteiger partial charge >= 0.3 is 0 Å². The Bertz CT molecular complexity index is 649. The maximum Gasteiger partial charge on any atom is 0.224 e. The zero-order chi connectivity index (χ0) is 16.9. The van der Waals surface area contributed by atoms with Gasteiger partial charge in [0.05, 0.1) is 6.10 Å². The summed E-state index contributed by atoms with van der Waals surface area (Å²) in [6.45, 7) is 1.89. The Kier molecular flexibility index (Phi) is 5.25. The molecule has 1 aromatic heterocycles. The van der Waals surface area contributed by atoms with Crippen LogP contribution in [0.2, 0.25) is 0 Å². The minimum absolute atomic E-state index is 0.102. The number of benzene rings is 1. The molecule has 2 heterocycles. The molecule has 3 rings (SSSR count). The quantitative estimate of drug-likeness (QED) is 0.915. The highest BCUT2D eigenvalue weighted by Gasteiger charge is 2.28. The van der Waals surface area contributed by atoms with Gasteiger partial charge in [-0.05, 0) is 42.5 Å². The average Bonchev–Trinajstić information content (AvgIpc) is 3.13. The number of aliphatic hydroxyl groups excluding tert-OH is 1. The predicted octanol–water partition coefficient (Wildman–Crippen LogP) is 2.38. The van der Waals surface area contributed by atoms with Crippen molar-refractivity contribution in [2.75, 3.05) is 13.1 Å². The Balaban J connectivity index is 1.48. The molecule has 1 saturated heterocycles. The first kappa shape index (κ1) is 16.6. The van der Waals surface area contributed by atoms with Crippen molar-refractivity contribution >= 4 is 5.91 Å². The number of amides is 1. The average molecular weight is 331 g/mol. The maximum absolute atomic E-state index is 13.0. The van der Waals surface area contributed by atoms with Crippen LogP contribution in [0.5, 0.6) is 0 Å². The molecule has 1 aliphatic rings. The van der Waals surface area contributed by atoms with Gasteiger partial charge in [0, 0.05) is 38.4 Å². The van der Waals surface area contributed by atoms with Crippen molar-refractivity contribution in [3.8, 4) is 0 Å². The molecule has 0 radical (unpaired) electrons. The van der Waals surface area contributed by atoms with Crippen molar-refractivity contribution < 1.29 is 14.3 Å². The fourth-order valence-corrected chi connectivity index (χ4v) is 3.20. The first-order chi connectivity index (χ1) is 11.6. The van der Waals surface area contributed by atoms with E-state index in [0.717, 1.165) is 18.4 Å². The van der Waals surface area contributed by atoms with E-state index in [9.17, 15) is 14.3 Å². The number of aliphatic hydroxyl groups is 1. The molecule has 6 heteroatoms. The van der Waals surface area contributed by atoms with E-state index in [4.69, 9.17) is 0 Å². The van der Waals surface area contributed by atoms with Crippen molar-refractivity contribution in [2.24, 2.45) is 5.92 Å². The third-order valence-electron chi connectivity index (χ3n) is 4.66. The number of likely N-dealkylation sites (tertiary alicyclic amines) is 1. The summed E-state index contributed by atoms with van der Waals surface area (Å²) < 4.78 is 14.7. The van der Waals surface area contributed by atoms with Gasteiger partial charge in [0.15, 0.2) is 0 Å². The summed E-state index contributed by atoms with van der Waals surface area (Å²) in [6, 6.07) is 7.83. The highest BCUT2D eigenvalue weighted by molar-refractivity contribution is 5.76. The molecule has 24 heavy (non-hydrogen) atoms. The summed E-state index contributed by atoms with van der Waals surface area (Å²) in [5, 5.41) is 14.5. The standard InChI is InChI=1S/C18H22FN3O2/c19-16-4-2-14(3-5-16)18(24)15-6-11-21(12-7-15)17(23)8-13-22-10-1-9-20-22/h1-5,9-10,15,18,24H,6-8,11-13H2. The van der Waals surface area contributed by atoms with Crippen LogP contribution >= 0.6 is 0 Å². The second-order valence-corrected chi connectivity index (χ2v) is 6.23. The number of aryl methyl sites for hydroxylation is 1. The summed E-state index contributed by atoms with van der Waals surface area (Å²) in [6.07, 6.45) is 4.89. The van der Waals surface area contributed by atoms with Crippen LogP contribution in [0.4, 0.5) is 4.39 Å². The van der Waals surface area contributed by atoms with Crippen LogP contribution in [0.15, 0.2) is 42.7 Å². The predicted molar refractivity (Wildman–Crippen MR) is 87.5 cm³/mol. The van der Waals surface area contributed by atoms with E-state index in [0.29, 0.717) is 26.1 Å². The number of halogens is 1. The monoisotopic (exact) mass is 331 g/mol. The van der Waals surface area contributed by atoms with E-state index in [1.54, 1.807) is 23.0 Å². The third-order valence-corrected chi connectivity index (χ3v) is 4.66. The molecule has 5 nitrogen and oxygen atoms in total. The summed E-state index contributed by atoms with van der Waals surface area (Å²) >= 11 is 0. The fraction of sp³-hybridized carbons (Fsp3) is 0.444. The highest BCUT2D eigenvalue weighted by atomic mass is 19.1. The van der Waals surface area contributed by atoms with Crippen molar-refractivity contribution in [3.05, 3.63) is 54.1 Å². The lowest BCUT2D eigenvalue weighted by atomic mass is 9.87. The molecule has 0 saturated carbocycles. The van der Waals surface area contributed by atoms with Gasteiger partial charge in [0.25, 0.3) is 0 Å². The summed E-state index contributed by atoms with van der Waals surface area (Å²) in [7, 11) is 0. The van der Waals surface area contributed by atoms with Crippen molar-refractivity contribution in [3.63, 3.8) is 0 Å². The molecular weight excluding hydrogens is 309 g/mol. The minimum Gasteiger partial charge on any atom is -0.388 e. The summed E-state index contributed by atoms with van der Waals surface area (Å²) in [5.74, 6) is -0.0746. The van der Waals surface area contributed by atoms with Gasteiger partial charge in [-0.2, -0.15) is 5.10 Å². The van der Waals surface area contributed by atoms with Crippen LogP contribution in [-0.2, 0) is 11.3 Å². The Morgan fingerprint density at radius 2 is 2.00 bits per heavy atom. The number of aromatic nitrogens is 2. The number of carbonyl (C=O) groups is 1. The van der Waals surface area contributed by atoms with Gasteiger partial charge in [0.1, 0.15) is 5.82 Å². The van der Waals surface area contributed by atoms with Crippen molar-refractivity contribution in [2.45, 2.75) is 31.9 Å². The number of hydrogen-bond acceptors (Lipinski definition) is 3. The van der Waals surface area contributed by atoms with E-state index in [1.165, 1.54) is 12.1 Å². The minimum atomic E-state index is -0.605. The zero-order valence-electron chi connectivity index (χ0n) is 13.5. The number of hydrogen-bond donors (Lipinski definition) is 1. The highest BCUT2D eigenvalue weighted by Crippen LogP contribution is 2.30. The Morgan fingerprint density at radius 1 is 1.29 bits per heavy atom. The second-order valence-electron chi connectivity index (χ2n) is 6.23. The van der Waals surface area contributed by atoms with Gasteiger partial charge in [-0.15, -0.1) is 0 Å². The molecule has 1 atom stereocenters. The molecular formula is C18H22FN3O2. The van der Waals surface area contributed by atoms with E-state index in [1.807, 2.05) is 17.2 Å². The molecule has 1 N–H and O–H groups in total. The molecule has 2 aromatic rings. The van der Waals surface area contributed by atoms with Gasteiger partial charge < -0.3 is 10.0 Å². The molecule has 1 fully saturated rings.